The molecule has 0 radical (unpaired) electrons. The SMILES string of the molecule is CC(C)OC(=O)O[C@@H](C)[C@H](C)OC(=O)[C@@H](N)Cc1ccc(OC(=O)OC(C)(C)C)c(OC(=O)OC(C)(C)C)c1. The topological polar surface area (TPSA) is 159 Å². The Labute approximate surface area is 229 Å². The number of ether oxygens (including phenoxy) is 7. The Morgan fingerprint density at radius 3 is 1.69 bits per heavy atom. The Morgan fingerprint density at radius 1 is 0.718 bits per heavy atom. The first kappa shape index (κ1) is 33.5. The molecule has 0 aromatic heterocycles. The van der Waals surface area contributed by atoms with Gasteiger partial charge in [0.25, 0.3) is 0 Å². The van der Waals surface area contributed by atoms with Crippen molar-refractivity contribution >= 4 is 24.4 Å². The van der Waals surface area contributed by atoms with Crippen molar-refractivity contribution in [3.63, 3.8) is 0 Å². The number of carbonyl (C=O) groups is 4. The summed E-state index contributed by atoms with van der Waals surface area (Å²) in [5.74, 6) is -1.01. The van der Waals surface area contributed by atoms with Crippen LogP contribution in [0.3, 0.4) is 0 Å². The highest BCUT2D eigenvalue weighted by Crippen LogP contribution is 2.31. The van der Waals surface area contributed by atoms with E-state index in [1.54, 1.807) is 69.2 Å². The highest BCUT2D eigenvalue weighted by molar-refractivity contribution is 5.76. The lowest BCUT2D eigenvalue weighted by molar-refractivity contribution is -0.155. The number of rotatable bonds is 9. The average Bonchev–Trinajstić information content (AvgIpc) is 2.71. The number of nitrogens with two attached hydrogens (primary N) is 1. The lowest BCUT2D eigenvalue weighted by Crippen LogP contribution is -2.39. The van der Waals surface area contributed by atoms with E-state index in [1.807, 2.05) is 0 Å². The minimum absolute atomic E-state index is 0.0203. The summed E-state index contributed by atoms with van der Waals surface area (Å²) in [5.41, 5.74) is 4.86. The van der Waals surface area contributed by atoms with Gasteiger partial charge in [-0.3, -0.25) is 4.79 Å². The second-order valence-corrected chi connectivity index (χ2v) is 11.1. The molecule has 0 aliphatic heterocycles. The monoisotopic (exact) mass is 555 g/mol. The number of esters is 1. The van der Waals surface area contributed by atoms with Crippen molar-refractivity contribution in [1.82, 2.24) is 0 Å². The molecule has 0 aliphatic carbocycles. The first-order chi connectivity index (χ1) is 17.8. The molecule has 0 amide bonds. The summed E-state index contributed by atoms with van der Waals surface area (Å²) >= 11 is 0. The minimum Gasteiger partial charge on any atom is -0.458 e. The standard InChI is InChI=1S/C27H41NO11/c1-15(2)33-23(30)35-17(4)16(3)34-22(29)19(28)13-18-11-12-20(36-24(31)38-26(5,6)7)21(14-18)37-25(32)39-27(8,9)10/h11-12,14-17,19H,13,28H2,1-10H3/t16-,17-,19-/m0/s1. The van der Waals surface area contributed by atoms with Gasteiger partial charge >= 0.3 is 24.4 Å². The maximum absolute atomic E-state index is 12.6. The van der Waals surface area contributed by atoms with Crippen LogP contribution >= 0.6 is 0 Å². The number of carbonyl (C=O) groups excluding carboxylic acids is 4. The predicted molar refractivity (Wildman–Crippen MR) is 140 cm³/mol. The zero-order valence-corrected chi connectivity index (χ0v) is 24.3. The summed E-state index contributed by atoms with van der Waals surface area (Å²) in [6, 6.07) is 3.17. The van der Waals surface area contributed by atoms with Gasteiger partial charge in [-0.25, -0.2) is 14.4 Å². The largest absolute Gasteiger partial charge is 0.514 e. The van der Waals surface area contributed by atoms with E-state index in [-0.39, 0.29) is 24.0 Å². The lowest BCUT2D eigenvalue weighted by atomic mass is 10.1. The average molecular weight is 556 g/mol. The van der Waals surface area contributed by atoms with E-state index in [9.17, 15) is 19.2 Å². The molecule has 12 nitrogen and oxygen atoms in total. The highest BCUT2D eigenvalue weighted by atomic mass is 16.8. The quantitative estimate of drug-likeness (QED) is 0.245. The van der Waals surface area contributed by atoms with Gasteiger partial charge in [0.1, 0.15) is 29.5 Å². The van der Waals surface area contributed by atoms with Crippen molar-refractivity contribution in [3.8, 4) is 11.5 Å². The van der Waals surface area contributed by atoms with Gasteiger partial charge in [-0.1, -0.05) is 6.07 Å². The molecule has 0 fully saturated rings. The van der Waals surface area contributed by atoms with Gasteiger partial charge in [0, 0.05) is 0 Å². The van der Waals surface area contributed by atoms with Gasteiger partial charge < -0.3 is 38.9 Å². The maximum Gasteiger partial charge on any atom is 0.514 e. The molecule has 0 spiro atoms. The van der Waals surface area contributed by atoms with Gasteiger partial charge in [0.15, 0.2) is 11.5 Å². The molecule has 39 heavy (non-hydrogen) atoms. The van der Waals surface area contributed by atoms with Crippen LogP contribution < -0.4 is 15.2 Å². The van der Waals surface area contributed by atoms with Gasteiger partial charge in [0.05, 0.1) is 6.10 Å². The molecule has 1 rings (SSSR count). The summed E-state index contributed by atoms with van der Waals surface area (Å²) in [4.78, 5) is 48.7. The van der Waals surface area contributed by atoms with Crippen molar-refractivity contribution in [3.05, 3.63) is 23.8 Å². The normalized spacial score (nSPS) is 13.9. The van der Waals surface area contributed by atoms with E-state index in [2.05, 4.69) is 0 Å². The summed E-state index contributed by atoms with van der Waals surface area (Å²) in [7, 11) is 0. The molecular formula is C27H41NO11. The maximum atomic E-state index is 12.6. The lowest BCUT2D eigenvalue weighted by Gasteiger charge is -2.23. The molecular weight excluding hydrogens is 514 g/mol. The van der Waals surface area contributed by atoms with Crippen LogP contribution in [0, 0.1) is 0 Å². The smallest absolute Gasteiger partial charge is 0.458 e. The fourth-order valence-electron chi connectivity index (χ4n) is 2.74. The third kappa shape index (κ3) is 13.7. The van der Waals surface area contributed by atoms with Crippen LogP contribution in [-0.2, 0) is 34.9 Å². The third-order valence-corrected chi connectivity index (χ3v) is 4.51. The van der Waals surface area contributed by atoms with E-state index in [1.165, 1.54) is 18.2 Å². The van der Waals surface area contributed by atoms with E-state index in [0.717, 1.165) is 0 Å². The summed E-state index contributed by atoms with van der Waals surface area (Å²) in [6.07, 6.45) is -4.89. The van der Waals surface area contributed by atoms with Crippen LogP contribution in [-0.4, -0.2) is 60.0 Å². The van der Waals surface area contributed by atoms with Crippen LogP contribution in [0.1, 0.15) is 74.8 Å². The van der Waals surface area contributed by atoms with Crippen molar-refractivity contribution < 1.29 is 52.3 Å². The molecule has 2 N–H and O–H groups in total. The highest BCUT2D eigenvalue weighted by Gasteiger charge is 2.27. The van der Waals surface area contributed by atoms with E-state index < -0.39 is 53.9 Å². The molecule has 12 heteroatoms. The van der Waals surface area contributed by atoms with Crippen LogP contribution in [0.2, 0.25) is 0 Å². The van der Waals surface area contributed by atoms with Crippen LogP contribution in [0.25, 0.3) is 0 Å². The number of hydrogen-bond donors (Lipinski definition) is 1. The Balaban J connectivity index is 2.98. The van der Waals surface area contributed by atoms with Gasteiger partial charge in [-0.05, 0) is 93.4 Å². The zero-order chi connectivity index (χ0) is 30.1. The zero-order valence-electron chi connectivity index (χ0n) is 24.3. The molecule has 0 saturated heterocycles. The Morgan fingerprint density at radius 2 is 1.21 bits per heavy atom. The molecule has 1 aromatic rings. The summed E-state index contributed by atoms with van der Waals surface area (Å²) < 4.78 is 36.2. The second-order valence-electron chi connectivity index (χ2n) is 11.1. The Hall–Kier alpha value is -3.54. The van der Waals surface area contributed by atoms with Crippen LogP contribution in [0.4, 0.5) is 14.4 Å². The Kier molecular flexibility index (Phi) is 12.0. The second kappa shape index (κ2) is 14.0. The summed E-state index contributed by atoms with van der Waals surface area (Å²) in [5, 5.41) is 0. The third-order valence-electron chi connectivity index (χ3n) is 4.51. The summed E-state index contributed by atoms with van der Waals surface area (Å²) in [6.45, 7) is 16.4. The Bertz CT molecular complexity index is 1010. The molecule has 0 bridgehead atoms. The van der Waals surface area contributed by atoms with E-state index >= 15 is 0 Å². The van der Waals surface area contributed by atoms with Gasteiger partial charge in [0.2, 0.25) is 0 Å². The molecule has 0 unspecified atom stereocenters. The molecule has 3 atom stereocenters. The molecule has 0 saturated carbocycles. The van der Waals surface area contributed by atoms with Crippen molar-refractivity contribution in [2.75, 3.05) is 0 Å². The first-order valence-corrected chi connectivity index (χ1v) is 12.5. The molecule has 220 valence electrons. The van der Waals surface area contributed by atoms with E-state index in [0.29, 0.717) is 5.56 Å². The van der Waals surface area contributed by atoms with Gasteiger partial charge in [-0.2, -0.15) is 0 Å². The van der Waals surface area contributed by atoms with Crippen molar-refractivity contribution in [2.45, 2.75) is 111 Å². The van der Waals surface area contributed by atoms with Crippen molar-refractivity contribution in [1.29, 1.82) is 0 Å². The van der Waals surface area contributed by atoms with Gasteiger partial charge in [-0.15, -0.1) is 0 Å². The predicted octanol–water partition coefficient (Wildman–Crippen LogP) is 5.07. The number of hydrogen-bond acceptors (Lipinski definition) is 12. The van der Waals surface area contributed by atoms with Crippen LogP contribution in [0.15, 0.2) is 18.2 Å². The minimum atomic E-state index is -1.12. The van der Waals surface area contributed by atoms with Crippen LogP contribution in [0.5, 0.6) is 11.5 Å². The molecule has 1 aromatic carbocycles. The fraction of sp³-hybridized carbons (Fsp3) is 0.630. The molecule has 0 heterocycles. The fourth-order valence-corrected chi connectivity index (χ4v) is 2.74. The van der Waals surface area contributed by atoms with Crippen molar-refractivity contribution in [2.24, 2.45) is 5.73 Å². The number of benzene rings is 1. The first-order valence-electron chi connectivity index (χ1n) is 12.5. The van der Waals surface area contributed by atoms with E-state index in [4.69, 9.17) is 38.9 Å². The molecule has 0 aliphatic rings.